The van der Waals surface area contributed by atoms with Crippen LogP contribution >= 0.6 is 27.5 Å². The van der Waals surface area contributed by atoms with Gasteiger partial charge in [-0.3, -0.25) is 0 Å². The van der Waals surface area contributed by atoms with Crippen molar-refractivity contribution in [3.8, 4) is 0 Å². The van der Waals surface area contributed by atoms with E-state index >= 15 is 0 Å². The van der Waals surface area contributed by atoms with Gasteiger partial charge >= 0.3 is 6.09 Å². The average Bonchev–Trinajstić information content (AvgIpc) is 2.64. The van der Waals surface area contributed by atoms with Crippen LogP contribution in [0.5, 0.6) is 0 Å². The van der Waals surface area contributed by atoms with E-state index in [-0.39, 0.29) is 17.7 Å². The fourth-order valence-corrected chi connectivity index (χ4v) is 4.57. The van der Waals surface area contributed by atoms with Crippen molar-refractivity contribution in [1.29, 1.82) is 0 Å². The van der Waals surface area contributed by atoms with Gasteiger partial charge < -0.3 is 14.4 Å². The molecule has 4 nitrogen and oxygen atoms in total. The van der Waals surface area contributed by atoms with Gasteiger partial charge in [0.1, 0.15) is 0 Å². The molecule has 0 saturated carbocycles. The number of halogens is 2. The molecule has 164 valence electrons. The number of benzene rings is 2. The number of amides is 1. The largest absolute Gasteiger partial charge is 0.465 e. The summed E-state index contributed by atoms with van der Waals surface area (Å²) in [6.45, 7) is 11.5. The molecular formula is C23H31BrClNO3Si. The zero-order valence-electron chi connectivity index (χ0n) is 18.3. The fourth-order valence-electron chi connectivity index (χ4n) is 2.83. The molecule has 1 atom stereocenters. The van der Waals surface area contributed by atoms with E-state index in [2.05, 4.69) is 49.8 Å². The summed E-state index contributed by atoms with van der Waals surface area (Å²) < 4.78 is 7.67. The smallest absolute Gasteiger partial charge is 0.407 e. The first kappa shape index (κ1) is 24.9. The third-order valence-corrected chi connectivity index (χ3v) is 11.0. The summed E-state index contributed by atoms with van der Waals surface area (Å²) in [7, 11) is -2.13. The molecule has 30 heavy (non-hydrogen) atoms. The van der Waals surface area contributed by atoms with Crippen LogP contribution in [-0.2, 0) is 10.8 Å². The maximum absolute atomic E-state index is 12.0. The van der Waals surface area contributed by atoms with Gasteiger partial charge in [0.2, 0.25) is 0 Å². The summed E-state index contributed by atoms with van der Waals surface area (Å²) in [4.78, 5) is 13.5. The van der Waals surface area contributed by atoms with Crippen LogP contribution in [0.15, 0.2) is 53.0 Å². The molecule has 2 aromatic carbocycles. The maximum atomic E-state index is 12.0. The molecular weight excluding hydrogens is 482 g/mol. The zero-order chi connectivity index (χ0) is 22.5. The number of carboxylic acid groups (broad SMARTS) is 1. The van der Waals surface area contributed by atoms with Gasteiger partial charge in [-0.2, -0.15) is 0 Å². The SMILES string of the molecule is CC(C)(C)[Si](C)(C)O[C@@H](CN(CCc1ccc(Br)cc1)C(=O)O)c1cccc(Cl)c1. The lowest BCUT2D eigenvalue weighted by atomic mass is 10.1. The third-order valence-electron chi connectivity index (χ3n) is 5.70. The first-order valence-corrected chi connectivity index (χ1v) is 14.1. The van der Waals surface area contributed by atoms with Crippen LogP contribution in [0.4, 0.5) is 4.79 Å². The summed E-state index contributed by atoms with van der Waals surface area (Å²) >= 11 is 9.65. The standard InChI is InChI=1S/C23H31BrClNO3Si/c1-23(2,3)30(4,5)29-21(18-7-6-8-20(25)15-18)16-26(22(27)28)14-13-17-9-11-19(24)12-10-17/h6-12,15,21H,13-14,16H2,1-5H3,(H,27,28)/t21-/m0/s1. The summed E-state index contributed by atoms with van der Waals surface area (Å²) in [6, 6.07) is 15.5. The Kier molecular flexibility index (Phi) is 8.57. The number of carbonyl (C=O) groups is 1. The minimum atomic E-state index is -2.13. The van der Waals surface area contributed by atoms with E-state index in [9.17, 15) is 9.90 Å². The molecule has 0 aliphatic heterocycles. The van der Waals surface area contributed by atoms with Crippen LogP contribution in [-0.4, -0.2) is 37.5 Å². The number of hydrogen-bond acceptors (Lipinski definition) is 2. The lowest BCUT2D eigenvalue weighted by Crippen LogP contribution is -2.45. The first-order valence-electron chi connectivity index (χ1n) is 10.0. The van der Waals surface area contributed by atoms with Crippen LogP contribution in [0, 0.1) is 0 Å². The quantitative estimate of drug-likeness (QED) is 0.375. The van der Waals surface area contributed by atoms with Gasteiger partial charge in [-0.05, 0) is 59.9 Å². The van der Waals surface area contributed by atoms with E-state index in [0.29, 0.717) is 18.0 Å². The van der Waals surface area contributed by atoms with Gasteiger partial charge in [0.05, 0.1) is 12.6 Å². The predicted molar refractivity (Wildman–Crippen MR) is 130 cm³/mol. The van der Waals surface area contributed by atoms with E-state index in [1.165, 1.54) is 4.90 Å². The Hall–Kier alpha value is -1.34. The van der Waals surface area contributed by atoms with Crippen LogP contribution in [0.2, 0.25) is 23.2 Å². The van der Waals surface area contributed by atoms with E-state index in [1.54, 1.807) is 0 Å². The Labute approximate surface area is 194 Å². The first-order chi connectivity index (χ1) is 13.9. The van der Waals surface area contributed by atoms with E-state index in [1.807, 2.05) is 48.5 Å². The van der Waals surface area contributed by atoms with Gasteiger partial charge in [0.25, 0.3) is 0 Å². The topological polar surface area (TPSA) is 49.8 Å². The molecule has 2 aromatic rings. The summed E-state index contributed by atoms with van der Waals surface area (Å²) in [6.07, 6.45) is -0.675. The Morgan fingerprint density at radius 3 is 2.37 bits per heavy atom. The molecule has 0 fully saturated rings. The summed E-state index contributed by atoms with van der Waals surface area (Å²) in [5.74, 6) is 0. The molecule has 2 rings (SSSR count). The maximum Gasteiger partial charge on any atom is 0.407 e. The predicted octanol–water partition coefficient (Wildman–Crippen LogP) is 7.39. The van der Waals surface area contributed by atoms with Gasteiger partial charge in [-0.15, -0.1) is 0 Å². The number of rotatable bonds is 8. The molecule has 0 radical (unpaired) electrons. The van der Waals surface area contributed by atoms with Crippen LogP contribution < -0.4 is 0 Å². The average molecular weight is 513 g/mol. The van der Waals surface area contributed by atoms with E-state index < -0.39 is 14.4 Å². The molecule has 0 saturated heterocycles. The molecule has 1 N–H and O–H groups in total. The molecule has 0 aromatic heterocycles. The minimum Gasteiger partial charge on any atom is -0.465 e. The Morgan fingerprint density at radius 1 is 1.20 bits per heavy atom. The van der Waals surface area contributed by atoms with Crippen molar-refractivity contribution in [3.05, 3.63) is 69.2 Å². The molecule has 0 heterocycles. The van der Waals surface area contributed by atoms with E-state index in [4.69, 9.17) is 16.0 Å². The molecule has 0 aliphatic carbocycles. The van der Waals surface area contributed by atoms with Crippen LogP contribution in [0.25, 0.3) is 0 Å². The van der Waals surface area contributed by atoms with Crippen molar-refractivity contribution in [2.75, 3.05) is 13.1 Å². The molecule has 7 heteroatoms. The summed E-state index contributed by atoms with van der Waals surface area (Å²) in [5, 5.41) is 10.5. The van der Waals surface area contributed by atoms with Gasteiger partial charge in [0, 0.05) is 16.0 Å². The number of hydrogen-bond donors (Lipinski definition) is 1. The highest BCUT2D eigenvalue weighted by molar-refractivity contribution is 9.10. The van der Waals surface area contributed by atoms with Crippen molar-refractivity contribution >= 4 is 41.9 Å². The molecule has 0 aliphatic rings. The Balaban J connectivity index is 2.24. The van der Waals surface area contributed by atoms with Crippen LogP contribution in [0.3, 0.4) is 0 Å². The lowest BCUT2D eigenvalue weighted by molar-refractivity contribution is 0.102. The highest BCUT2D eigenvalue weighted by atomic mass is 79.9. The van der Waals surface area contributed by atoms with Gasteiger partial charge in [0.15, 0.2) is 8.32 Å². The highest BCUT2D eigenvalue weighted by Gasteiger charge is 2.40. The summed E-state index contributed by atoms with van der Waals surface area (Å²) in [5.41, 5.74) is 2.00. The highest BCUT2D eigenvalue weighted by Crippen LogP contribution is 2.40. The van der Waals surface area contributed by atoms with Crippen molar-refractivity contribution in [1.82, 2.24) is 4.90 Å². The Bertz CT molecular complexity index is 852. The second-order valence-electron chi connectivity index (χ2n) is 9.03. The second kappa shape index (κ2) is 10.3. The lowest BCUT2D eigenvalue weighted by Gasteiger charge is -2.40. The third kappa shape index (κ3) is 7.12. The van der Waals surface area contributed by atoms with Crippen molar-refractivity contribution in [3.63, 3.8) is 0 Å². The molecule has 0 bridgehead atoms. The monoisotopic (exact) mass is 511 g/mol. The molecule has 0 spiro atoms. The van der Waals surface area contributed by atoms with Crippen molar-refractivity contribution in [2.24, 2.45) is 0 Å². The van der Waals surface area contributed by atoms with Gasteiger partial charge in [-0.25, -0.2) is 4.79 Å². The second-order valence-corrected chi connectivity index (χ2v) is 15.1. The minimum absolute atomic E-state index is 0.00923. The van der Waals surface area contributed by atoms with Gasteiger partial charge in [-0.1, -0.05) is 72.6 Å². The molecule has 1 amide bonds. The molecule has 0 unspecified atom stereocenters. The van der Waals surface area contributed by atoms with Crippen molar-refractivity contribution < 1.29 is 14.3 Å². The Morgan fingerprint density at radius 2 is 1.83 bits per heavy atom. The van der Waals surface area contributed by atoms with E-state index in [0.717, 1.165) is 15.6 Å². The fraction of sp³-hybridized carbons (Fsp3) is 0.435. The van der Waals surface area contributed by atoms with Crippen LogP contribution in [0.1, 0.15) is 38.0 Å². The number of nitrogens with zero attached hydrogens (tertiary/aromatic N) is 1. The zero-order valence-corrected chi connectivity index (χ0v) is 21.6. The normalized spacial score (nSPS) is 13.2. The van der Waals surface area contributed by atoms with Crippen molar-refractivity contribution in [2.45, 2.75) is 51.4 Å².